The van der Waals surface area contributed by atoms with Gasteiger partial charge in [0.15, 0.2) is 5.96 Å². The number of fused-ring (bicyclic) bond motifs is 1. The van der Waals surface area contributed by atoms with E-state index in [-0.39, 0.29) is 29.9 Å². The molecule has 6 nitrogen and oxygen atoms in total. The number of benzene rings is 2. The van der Waals surface area contributed by atoms with Gasteiger partial charge >= 0.3 is 0 Å². The number of hydrogen-bond donors (Lipinski definition) is 4. The van der Waals surface area contributed by atoms with Crippen LogP contribution < -0.4 is 16.0 Å². The van der Waals surface area contributed by atoms with Crippen molar-refractivity contribution < 1.29 is 4.79 Å². The minimum Gasteiger partial charge on any atom is -0.361 e. The molecule has 0 radical (unpaired) electrons. The normalized spacial score (nSPS) is 11.1. The Hall–Kier alpha value is -2.55. The molecule has 166 valence electrons. The summed E-state index contributed by atoms with van der Waals surface area (Å²) in [5.74, 6) is 0.753. The van der Waals surface area contributed by atoms with Crippen molar-refractivity contribution >= 4 is 46.7 Å². The van der Waals surface area contributed by atoms with Gasteiger partial charge in [0.25, 0.3) is 5.91 Å². The molecule has 0 aliphatic heterocycles. The number of carbonyl (C=O) groups excluding carboxylic acids is 1. The number of aromatic nitrogens is 1. The zero-order valence-corrected chi connectivity index (χ0v) is 20.7. The van der Waals surface area contributed by atoms with Crippen LogP contribution in [0.4, 0.5) is 0 Å². The first-order valence-corrected chi connectivity index (χ1v) is 10.5. The lowest BCUT2D eigenvalue weighted by Gasteiger charge is -2.12. The Kier molecular flexibility index (Phi) is 9.84. The van der Waals surface area contributed by atoms with Crippen LogP contribution in [0.3, 0.4) is 0 Å². The summed E-state index contributed by atoms with van der Waals surface area (Å²) in [5, 5.41) is 10.7. The number of amides is 1. The van der Waals surface area contributed by atoms with Crippen LogP contribution in [0.15, 0.2) is 53.7 Å². The predicted octanol–water partition coefficient (Wildman–Crippen LogP) is 3.79. The first kappa shape index (κ1) is 24.7. The molecule has 1 heterocycles. The minimum atomic E-state index is -0.0628. The lowest BCUT2D eigenvalue weighted by molar-refractivity contribution is 0.0963. The van der Waals surface area contributed by atoms with Gasteiger partial charge in [0, 0.05) is 49.3 Å². The minimum absolute atomic E-state index is 0. The lowest BCUT2D eigenvalue weighted by atomic mass is 10.1. The van der Waals surface area contributed by atoms with Crippen molar-refractivity contribution in [2.75, 3.05) is 26.7 Å². The van der Waals surface area contributed by atoms with Crippen LogP contribution in [-0.4, -0.2) is 43.5 Å². The maximum Gasteiger partial charge on any atom is 0.251 e. The topological polar surface area (TPSA) is 81.3 Å². The summed E-state index contributed by atoms with van der Waals surface area (Å²) in [6.07, 6.45) is 3.79. The van der Waals surface area contributed by atoms with Crippen LogP contribution in [0.25, 0.3) is 10.9 Å². The van der Waals surface area contributed by atoms with Gasteiger partial charge in [-0.15, -0.1) is 24.0 Å². The van der Waals surface area contributed by atoms with Gasteiger partial charge in [0.05, 0.1) is 0 Å². The van der Waals surface area contributed by atoms with Crippen molar-refractivity contribution in [3.05, 3.63) is 70.9 Å². The average molecular weight is 533 g/mol. The van der Waals surface area contributed by atoms with Gasteiger partial charge in [-0.25, -0.2) is 0 Å². The van der Waals surface area contributed by atoms with Crippen LogP contribution >= 0.6 is 24.0 Å². The number of H-pyrrole nitrogens is 1. The van der Waals surface area contributed by atoms with E-state index in [0.717, 1.165) is 37.5 Å². The van der Waals surface area contributed by atoms with Crippen LogP contribution in [0.1, 0.15) is 34.0 Å². The second-order valence-electron chi connectivity index (χ2n) is 7.28. The molecule has 0 aliphatic rings. The molecule has 1 amide bonds. The summed E-state index contributed by atoms with van der Waals surface area (Å²) in [4.78, 5) is 19.9. The molecule has 0 fully saturated rings. The van der Waals surface area contributed by atoms with E-state index >= 15 is 0 Å². The van der Waals surface area contributed by atoms with E-state index in [2.05, 4.69) is 59.2 Å². The van der Waals surface area contributed by atoms with Crippen molar-refractivity contribution in [3.8, 4) is 0 Å². The van der Waals surface area contributed by atoms with Crippen molar-refractivity contribution in [2.45, 2.75) is 26.7 Å². The summed E-state index contributed by atoms with van der Waals surface area (Å²) < 4.78 is 0. The first-order valence-electron chi connectivity index (χ1n) is 10.5. The Bertz CT molecular complexity index is 1030. The van der Waals surface area contributed by atoms with Gasteiger partial charge in [0.1, 0.15) is 0 Å². The number of guanidine groups is 1. The molecule has 0 spiro atoms. The number of aliphatic imine (C=N–C) groups is 1. The molecule has 0 saturated carbocycles. The van der Waals surface area contributed by atoms with Crippen molar-refractivity contribution in [1.29, 1.82) is 0 Å². The number of nitrogens with zero attached hydrogens (tertiary/aromatic N) is 1. The molecule has 7 heteroatoms. The largest absolute Gasteiger partial charge is 0.361 e. The van der Waals surface area contributed by atoms with Gasteiger partial charge in [-0.3, -0.25) is 9.79 Å². The maximum atomic E-state index is 11.8. The fourth-order valence-electron chi connectivity index (χ4n) is 3.62. The Morgan fingerprint density at radius 1 is 1.10 bits per heavy atom. The summed E-state index contributed by atoms with van der Waals surface area (Å²) >= 11 is 0. The number of aromatic amines is 1. The number of rotatable bonds is 8. The van der Waals surface area contributed by atoms with Gasteiger partial charge in [-0.1, -0.05) is 24.3 Å². The van der Waals surface area contributed by atoms with Crippen LogP contribution in [0.2, 0.25) is 0 Å². The zero-order valence-electron chi connectivity index (χ0n) is 18.4. The molecule has 1 aromatic heterocycles. The molecular weight excluding hydrogens is 501 g/mol. The lowest BCUT2D eigenvalue weighted by Crippen LogP contribution is -2.38. The third-order valence-corrected chi connectivity index (χ3v) is 5.11. The fourth-order valence-corrected chi connectivity index (χ4v) is 3.62. The Morgan fingerprint density at radius 3 is 2.68 bits per heavy atom. The van der Waals surface area contributed by atoms with Crippen LogP contribution in [0.5, 0.6) is 0 Å². The fraction of sp³-hybridized carbons (Fsp3) is 0.333. The number of halogens is 1. The van der Waals surface area contributed by atoms with Gasteiger partial charge in [-0.05, 0) is 61.6 Å². The quantitative estimate of drug-likeness (QED) is 0.202. The summed E-state index contributed by atoms with van der Waals surface area (Å²) in [6, 6.07) is 14.1. The zero-order chi connectivity index (χ0) is 21.3. The SMILES string of the molecule is CCNC(=NCCc1c[nH]c2cccc(C)c12)NCCc1cccc(C(=O)NC)c1.I. The van der Waals surface area contributed by atoms with Crippen molar-refractivity contribution in [3.63, 3.8) is 0 Å². The van der Waals surface area contributed by atoms with E-state index in [1.165, 1.54) is 22.0 Å². The van der Waals surface area contributed by atoms with E-state index in [1.807, 2.05) is 24.3 Å². The highest BCUT2D eigenvalue weighted by atomic mass is 127. The molecular formula is C24H32IN5O. The Labute approximate surface area is 201 Å². The number of hydrogen-bond acceptors (Lipinski definition) is 2. The molecule has 3 rings (SSSR count). The Balaban J connectivity index is 0.00000341. The molecule has 3 aromatic rings. The van der Waals surface area contributed by atoms with E-state index in [1.54, 1.807) is 7.05 Å². The maximum absolute atomic E-state index is 11.8. The van der Waals surface area contributed by atoms with E-state index in [9.17, 15) is 4.79 Å². The smallest absolute Gasteiger partial charge is 0.251 e. The summed E-state index contributed by atoms with van der Waals surface area (Å²) in [7, 11) is 1.65. The first-order chi connectivity index (χ1) is 14.6. The highest BCUT2D eigenvalue weighted by molar-refractivity contribution is 14.0. The van der Waals surface area contributed by atoms with Crippen molar-refractivity contribution in [1.82, 2.24) is 20.9 Å². The van der Waals surface area contributed by atoms with E-state index < -0.39 is 0 Å². The molecule has 0 bridgehead atoms. The van der Waals surface area contributed by atoms with Crippen molar-refractivity contribution in [2.24, 2.45) is 4.99 Å². The highest BCUT2D eigenvalue weighted by Gasteiger charge is 2.06. The second-order valence-corrected chi connectivity index (χ2v) is 7.28. The molecule has 0 unspecified atom stereocenters. The van der Waals surface area contributed by atoms with Crippen LogP contribution in [-0.2, 0) is 12.8 Å². The second kappa shape index (κ2) is 12.3. The average Bonchev–Trinajstić information content (AvgIpc) is 3.18. The third kappa shape index (κ3) is 6.72. The Morgan fingerprint density at radius 2 is 1.90 bits per heavy atom. The number of aryl methyl sites for hydroxylation is 1. The monoisotopic (exact) mass is 533 g/mol. The summed E-state index contributed by atoms with van der Waals surface area (Å²) in [6.45, 7) is 6.48. The molecule has 2 aromatic carbocycles. The molecule has 0 atom stereocenters. The summed E-state index contributed by atoms with van der Waals surface area (Å²) in [5.41, 5.74) is 5.57. The standard InChI is InChI=1S/C24H31N5O.HI/c1-4-26-24(27-13-11-18-8-6-9-19(15-18)23(30)25-3)28-14-12-20-16-29-21-10-5-7-17(2)22(20)21;/h5-10,15-16,29H,4,11-14H2,1-3H3,(H,25,30)(H2,26,27,28);1H. The van der Waals surface area contributed by atoms with E-state index in [0.29, 0.717) is 12.1 Å². The molecule has 0 saturated heterocycles. The highest BCUT2D eigenvalue weighted by Crippen LogP contribution is 2.22. The van der Waals surface area contributed by atoms with Gasteiger partial charge in [0.2, 0.25) is 0 Å². The number of nitrogens with one attached hydrogen (secondary N) is 4. The molecule has 4 N–H and O–H groups in total. The third-order valence-electron chi connectivity index (χ3n) is 5.11. The van der Waals surface area contributed by atoms with E-state index in [4.69, 9.17) is 4.99 Å². The predicted molar refractivity (Wildman–Crippen MR) is 140 cm³/mol. The molecule has 0 aliphatic carbocycles. The number of carbonyl (C=O) groups is 1. The molecule has 31 heavy (non-hydrogen) atoms. The van der Waals surface area contributed by atoms with Crippen LogP contribution in [0, 0.1) is 6.92 Å². The van der Waals surface area contributed by atoms with Gasteiger partial charge in [-0.2, -0.15) is 0 Å². The van der Waals surface area contributed by atoms with Gasteiger partial charge < -0.3 is 20.9 Å².